The highest BCUT2D eigenvalue weighted by atomic mass is 19.2. The van der Waals surface area contributed by atoms with E-state index in [4.69, 9.17) is 4.74 Å². The molecule has 20 heavy (non-hydrogen) atoms. The molecule has 2 aromatic rings. The number of ether oxygens (including phenoxy) is 1. The molecule has 0 amide bonds. The van der Waals surface area contributed by atoms with Gasteiger partial charge in [-0.05, 0) is 19.1 Å². The van der Waals surface area contributed by atoms with Gasteiger partial charge < -0.3 is 4.74 Å². The first-order valence-electron chi connectivity index (χ1n) is 5.80. The lowest BCUT2D eigenvalue weighted by atomic mass is 10.2. The van der Waals surface area contributed by atoms with Crippen molar-refractivity contribution in [1.82, 2.24) is 0 Å². The number of nitrogens with zero attached hydrogens (tertiary/aromatic N) is 1. The molecule has 0 spiro atoms. The topological polar surface area (TPSA) is 52.4 Å². The molecule has 0 bridgehead atoms. The van der Waals surface area contributed by atoms with E-state index in [1.807, 2.05) is 0 Å². The Labute approximate surface area is 113 Å². The van der Waals surface area contributed by atoms with E-state index in [1.54, 1.807) is 19.1 Å². The lowest BCUT2D eigenvalue weighted by molar-refractivity contribution is -0.386. The van der Waals surface area contributed by atoms with Crippen LogP contribution in [0.4, 0.5) is 14.5 Å². The Balaban J connectivity index is 2.26. The maximum absolute atomic E-state index is 13.5. The van der Waals surface area contributed by atoms with Crippen LogP contribution in [0.5, 0.6) is 5.75 Å². The molecule has 0 aliphatic heterocycles. The number of benzene rings is 2. The van der Waals surface area contributed by atoms with Gasteiger partial charge in [0.1, 0.15) is 6.61 Å². The van der Waals surface area contributed by atoms with Crippen LogP contribution in [0.25, 0.3) is 0 Å². The summed E-state index contributed by atoms with van der Waals surface area (Å²) < 4.78 is 31.7. The molecule has 0 atom stereocenters. The predicted molar refractivity (Wildman–Crippen MR) is 68.5 cm³/mol. The zero-order valence-electron chi connectivity index (χ0n) is 10.6. The van der Waals surface area contributed by atoms with Gasteiger partial charge in [0.25, 0.3) is 0 Å². The largest absolute Gasteiger partial charge is 0.482 e. The summed E-state index contributed by atoms with van der Waals surface area (Å²) in [6.45, 7) is 1.29. The molecule has 0 unspecified atom stereocenters. The minimum atomic E-state index is -1.01. The van der Waals surface area contributed by atoms with E-state index in [9.17, 15) is 18.9 Å². The summed E-state index contributed by atoms with van der Waals surface area (Å²) in [5.74, 6) is -1.97. The van der Waals surface area contributed by atoms with Crippen molar-refractivity contribution < 1.29 is 18.4 Å². The van der Waals surface area contributed by atoms with Crippen LogP contribution < -0.4 is 4.74 Å². The van der Waals surface area contributed by atoms with Crippen LogP contribution >= 0.6 is 0 Å². The first-order valence-corrected chi connectivity index (χ1v) is 5.80. The number of nitro groups is 1. The quantitative estimate of drug-likeness (QED) is 0.632. The third-order valence-electron chi connectivity index (χ3n) is 2.80. The number of nitro benzene ring substituents is 1. The summed E-state index contributed by atoms with van der Waals surface area (Å²) in [7, 11) is 0. The second kappa shape index (κ2) is 5.64. The molecule has 0 saturated carbocycles. The Bertz CT molecular complexity index is 659. The monoisotopic (exact) mass is 279 g/mol. The normalized spacial score (nSPS) is 10.3. The number of para-hydroxylation sites is 1. The fourth-order valence-electron chi connectivity index (χ4n) is 1.80. The van der Waals surface area contributed by atoms with Gasteiger partial charge >= 0.3 is 5.69 Å². The van der Waals surface area contributed by atoms with E-state index in [0.717, 1.165) is 6.07 Å². The van der Waals surface area contributed by atoms with Gasteiger partial charge in [0, 0.05) is 11.1 Å². The Morgan fingerprint density at radius 3 is 2.60 bits per heavy atom. The van der Waals surface area contributed by atoms with Gasteiger partial charge in [-0.25, -0.2) is 8.78 Å². The highest BCUT2D eigenvalue weighted by Crippen LogP contribution is 2.30. The minimum Gasteiger partial charge on any atom is -0.482 e. The maximum Gasteiger partial charge on any atom is 0.313 e. The Morgan fingerprint density at radius 2 is 1.90 bits per heavy atom. The van der Waals surface area contributed by atoms with E-state index in [-0.39, 0.29) is 23.6 Å². The molecule has 2 rings (SSSR count). The number of rotatable bonds is 4. The third kappa shape index (κ3) is 2.74. The summed E-state index contributed by atoms with van der Waals surface area (Å²) in [6, 6.07) is 8.30. The average molecular weight is 279 g/mol. The maximum atomic E-state index is 13.5. The molecule has 0 heterocycles. The second-order valence-corrected chi connectivity index (χ2v) is 4.18. The van der Waals surface area contributed by atoms with Crippen LogP contribution in [0.15, 0.2) is 36.4 Å². The molecule has 0 N–H and O–H groups in total. The number of hydrogen-bond acceptors (Lipinski definition) is 3. The highest BCUT2D eigenvalue weighted by Gasteiger charge is 2.18. The number of aryl methyl sites for hydroxylation is 1. The zero-order chi connectivity index (χ0) is 14.7. The molecule has 2 aromatic carbocycles. The van der Waals surface area contributed by atoms with Gasteiger partial charge in [0.15, 0.2) is 17.4 Å². The van der Waals surface area contributed by atoms with Gasteiger partial charge in [-0.2, -0.15) is 0 Å². The van der Waals surface area contributed by atoms with Crippen molar-refractivity contribution in [3.05, 3.63) is 69.3 Å². The van der Waals surface area contributed by atoms with Crippen LogP contribution in [0.1, 0.15) is 11.1 Å². The first kappa shape index (κ1) is 13.9. The van der Waals surface area contributed by atoms with Crippen molar-refractivity contribution in [3.63, 3.8) is 0 Å². The van der Waals surface area contributed by atoms with Crippen LogP contribution in [0.2, 0.25) is 0 Å². The fraction of sp³-hybridized carbons (Fsp3) is 0.143. The van der Waals surface area contributed by atoms with Crippen molar-refractivity contribution in [1.29, 1.82) is 0 Å². The number of hydrogen-bond donors (Lipinski definition) is 0. The van der Waals surface area contributed by atoms with Gasteiger partial charge in [-0.3, -0.25) is 10.1 Å². The van der Waals surface area contributed by atoms with E-state index >= 15 is 0 Å². The molecule has 0 aliphatic rings. The number of halogens is 2. The standard InChI is InChI=1S/C14H11F2NO3/c1-9-4-2-7-12(14(9)17(18)19)20-8-10-5-3-6-11(15)13(10)16/h2-7H,8H2,1H3. The van der Waals surface area contributed by atoms with Gasteiger partial charge in [-0.1, -0.05) is 24.3 Å². The summed E-state index contributed by atoms with van der Waals surface area (Å²) in [5, 5.41) is 11.0. The Morgan fingerprint density at radius 1 is 1.20 bits per heavy atom. The Kier molecular flexibility index (Phi) is 3.93. The Hall–Kier alpha value is -2.50. The van der Waals surface area contributed by atoms with Crippen molar-refractivity contribution in [2.24, 2.45) is 0 Å². The van der Waals surface area contributed by atoms with Gasteiger partial charge in [0.2, 0.25) is 0 Å². The lowest BCUT2D eigenvalue weighted by Gasteiger charge is -2.09. The van der Waals surface area contributed by atoms with E-state index in [1.165, 1.54) is 18.2 Å². The lowest BCUT2D eigenvalue weighted by Crippen LogP contribution is -2.03. The minimum absolute atomic E-state index is 0.000745. The van der Waals surface area contributed by atoms with E-state index < -0.39 is 16.6 Å². The molecule has 104 valence electrons. The van der Waals surface area contributed by atoms with Crippen molar-refractivity contribution >= 4 is 5.69 Å². The first-order chi connectivity index (χ1) is 9.50. The van der Waals surface area contributed by atoms with Crippen molar-refractivity contribution in [2.75, 3.05) is 0 Å². The molecule has 0 aromatic heterocycles. The zero-order valence-corrected chi connectivity index (χ0v) is 10.6. The molecule has 6 heteroatoms. The molecular weight excluding hydrogens is 268 g/mol. The van der Waals surface area contributed by atoms with Crippen LogP contribution in [-0.4, -0.2) is 4.92 Å². The SMILES string of the molecule is Cc1cccc(OCc2cccc(F)c2F)c1[N+](=O)[O-]. The smallest absolute Gasteiger partial charge is 0.313 e. The summed E-state index contributed by atoms with van der Waals surface area (Å²) in [4.78, 5) is 10.4. The average Bonchev–Trinajstić information content (AvgIpc) is 2.40. The molecule has 0 aliphatic carbocycles. The van der Waals surface area contributed by atoms with E-state index in [0.29, 0.717) is 5.56 Å². The molecular formula is C14H11F2NO3. The molecule has 4 nitrogen and oxygen atoms in total. The van der Waals surface area contributed by atoms with Crippen molar-refractivity contribution in [3.8, 4) is 5.75 Å². The van der Waals surface area contributed by atoms with E-state index in [2.05, 4.69) is 0 Å². The van der Waals surface area contributed by atoms with Crippen LogP contribution in [0, 0.1) is 28.7 Å². The fourth-order valence-corrected chi connectivity index (χ4v) is 1.80. The highest BCUT2D eigenvalue weighted by molar-refractivity contribution is 5.52. The summed E-state index contributed by atoms with van der Waals surface area (Å²) >= 11 is 0. The van der Waals surface area contributed by atoms with Crippen LogP contribution in [-0.2, 0) is 6.61 Å². The third-order valence-corrected chi connectivity index (χ3v) is 2.80. The molecule has 0 radical (unpaired) electrons. The van der Waals surface area contributed by atoms with Gasteiger partial charge in [-0.15, -0.1) is 0 Å². The second-order valence-electron chi connectivity index (χ2n) is 4.18. The molecule has 0 fully saturated rings. The molecule has 0 saturated heterocycles. The van der Waals surface area contributed by atoms with Crippen molar-refractivity contribution in [2.45, 2.75) is 13.5 Å². The van der Waals surface area contributed by atoms with Crippen LogP contribution in [0.3, 0.4) is 0 Å². The summed E-state index contributed by atoms with van der Waals surface area (Å²) in [6.07, 6.45) is 0. The van der Waals surface area contributed by atoms with Gasteiger partial charge in [0.05, 0.1) is 4.92 Å². The predicted octanol–water partition coefficient (Wildman–Crippen LogP) is 3.76. The summed E-state index contributed by atoms with van der Waals surface area (Å²) in [5.41, 5.74) is 0.261.